The molecule has 6 heteroatoms. The van der Waals surface area contributed by atoms with Crippen molar-refractivity contribution in [2.45, 2.75) is 26.7 Å². The lowest BCUT2D eigenvalue weighted by Crippen LogP contribution is -2.38. The van der Waals surface area contributed by atoms with Crippen LogP contribution < -0.4 is 10.6 Å². The Morgan fingerprint density at radius 1 is 1.12 bits per heavy atom. The number of pyridine rings is 1. The van der Waals surface area contributed by atoms with Crippen molar-refractivity contribution < 1.29 is 8.78 Å². The summed E-state index contributed by atoms with van der Waals surface area (Å²) in [5.41, 5.74) is 2.73. The van der Waals surface area contributed by atoms with E-state index < -0.39 is 11.6 Å². The van der Waals surface area contributed by atoms with Crippen LogP contribution in [0.5, 0.6) is 0 Å². The average Bonchev–Trinajstić information content (AvgIpc) is 2.59. The van der Waals surface area contributed by atoms with Gasteiger partial charge in [0.2, 0.25) is 0 Å². The standard InChI is InChI=1S/C19H24F2N4/c1-3-23-19(24-10-7-15-6-9-22-13-14(15)2)25-11-8-16-12-17(20)4-5-18(16)21/h4-6,9,12-13H,3,7-8,10-11H2,1-2H3,(H2,23,24,25). The molecule has 0 aliphatic rings. The Hall–Kier alpha value is -2.50. The molecular formula is C19H24F2N4. The first kappa shape index (κ1) is 18.8. The SMILES string of the molecule is CCNC(=NCCc1ccncc1C)NCCc1cc(F)ccc1F. The highest BCUT2D eigenvalue weighted by Gasteiger charge is 2.05. The molecule has 2 aromatic rings. The first-order chi connectivity index (χ1) is 12.1. The van der Waals surface area contributed by atoms with Gasteiger partial charge in [-0.2, -0.15) is 0 Å². The molecule has 4 nitrogen and oxygen atoms in total. The third-order valence-corrected chi connectivity index (χ3v) is 3.83. The van der Waals surface area contributed by atoms with Crippen molar-refractivity contribution in [2.75, 3.05) is 19.6 Å². The molecule has 2 N–H and O–H groups in total. The lowest BCUT2D eigenvalue weighted by atomic mass is 10.1. The van der Waals surface area contributed by atoms with E-state index in [1.165, 1.54) is 11.6 Å². The fraction of sp³-hybridized carbons (Fsp3) is 0.368. The van der Waals surface area contributed by atoms with Crippen LogP contribution in [0.3, 0.4) is 0 Å². The molecule has 0 saturated carbocycles. The highest BCUT2D eigenvalue weighted by atomic mass is 19.1. The van der Waals surface area contributed by atoms with Crippen LogP contribution in [0.15, 0.2) is 41.7 Å². The largest absolute Gasteiger partial charge is 0.357 e. The number of guanidine groups is 1. The Kier molecular flexibility index (Phi) is 7.32. The van der Waals surface area contributed by atoms with E-state index in [2.05, 4.69) is 20.6 Å². The van der Waals surface area contributed by atoms with Gasteiger partial charge in [0.1, 0.15) is 11.6 Å². The van der Waals surface area contributed by atoms with Crippen molar-refractivity contribution in [3.05, 3.63) is 65.0 Å². The third-order valence-electron chi connectivity index (χ3n) is 3.83. The summed E-state index contributed by atoms with van der Waals surface area (Å²) in [6.07, 6.45) is 4.83. The number of aromatic nitrogens is 1. The zero-order valence-electron chi connectivity index (χ0n) is 14.6. The van der Waals surface area contributed by atoms with Gasteiger partial charge in [-0.1, -0.05) is 0 Å². The summed E-state index contributed by atoms with van der Waals surface area (Å²) >= 11 is 0. The Bertz CT molecular complexity index is 716. The van der Waals surface area contributed by atoms with Gasteiger partial charge in [-0.25, -0.2) is 8.78 Å². The van der Waals surface area contributed by atoms with Gasteiger partial charge in [-0.3, -0.25) is 9.98 Å². The van der Waals surface area contributed by atoms with E-state index in [9.17, 15) is 8.78 Å². The molecule has 0 fully saturated rings. The van der Waals surface area contributed by atoms with Gasteiger partial charge in [0.15, 0.2) is 5.96 Å². The van der Waals surface area contributed by atoms with Crippen molar-refractivity contribution in [2.24, 2.45) is 4.99 Å². The summed E-state index contributed by atoms with van der Waals surface area (Å²) < 4.78 is 26.8. The minimum atomic E-state index is -0.426. The Morgan fingerprint density at radius 2 is 1.96 bits per heavy atom. The first-order valence-electron chi connectivity index (χ1n) is 8.45. The summed E-state index contributed by atoms with van der Waals surface area (Å²) in [4.78, 5) is 8.61. The summed E-state index contributed by atoms with van der Waals surface area (Å²) in [7, 11) is 0. The highest BCUT2D eigenvalue weighted by Crippen LogP contribution is 2.09. The molecule has 0 bridgehead atoms. The molecule has 0 amide bonds. The van der Waals surface area contributed by atoms with Gasteiger partial charge in [0.05, 0.1) is 0 Å². The summed E-state index contributed by atoms with van der Waals surface area (Å²) in [6, 6.07) is 5.51. The van der Waals surface area contributed by atoms with E-state index >= 15 is 0 Å². The zero-order valence-corrected chi connectivity index (χ0v) is 14.6. The maximum atomic E-state index is 13.6. The molecule has 0 aliphatic carbocycles. The number of halogens is 2. The molecule has 134 valence electrons. The average molecular weight is 346 g/mol. The summed E-state index contributed by atoms with van der Waals surface area (Å²) in [6.45, 7) is 5.85. The normalized spacial score (nSPS) is 11.4. The van der Waals surface area contributed by atoms with Crippen LogP contribution in [-0.4, -0.2) is 30.6 Å². The van der Waals surface area contributed by atoms with Crippen LogP contribution in [0.1, 0.15) is 23.6 Å². The monoisotopic (exact) mass is 346 g/mol. The third kappa shape index (κ3) is 6.14. The number of aliphatic imine (C=N–C) groups is 1. The molecule has 1 aromatic carbocycles. The number of nitrogens with zero attached hydrogens (tertiary/aromatic N) is 2. The maximum absolute atomic E-state index is 13.6. The molecule has 0 atom stereocenters. The molecule has 0 aliphatic heterocycles. The summed E-state index contributed by atoms with van der Waals surface area (Å²) in [5, 5.41) is 6.31. The fourth-order valence-electron chi connectivity index (χ4n) is 2.46. The van der Waals surface area contributed by atoms with Crippen LogP contribution in [-0.2, 0) is 12.8 Å². The Morgan fingerprint density at radius 3 is 2.72 bits per heavy atom. The molecule has 0 saturated heterocycles. The number of nitrogens with one attached hydrogen (secondary N) is 2. The minimum Gasteiger partial charge on any atom is -0.357 e. The van der Waals surface area contributed by atoms with E-state index in [1.807, 2.05) is 26.1 Å². The van der Waals surface area contributed by atoms with Gasteiger partial charge >= 0.3 is 0 Å². The van der Waals surface area contributed by atoms with Crippen LogP contribution in [0, 0.1) is 18.6 Å². The minimum absolute atomic E-state index is 0.357. The second kappa shape index (κ2) is 9.71. The van der Waals surface area contributed by atoms with Crippen molar-refractivity contribution >= 4 is 5.96 Å². The Labute approximate surface area is 147 Å². The predicted octanol–water partition coefficient (Wildman–Crippen LogP) is 3.01. The maximum Gasteiger partial charge on any atom is 0.191 e. The molecule has 1 aromatic heterocycles. The number of aryl methyl sites for hydroxylation is 1. The Balaban J connectivity index is 1.87. The molecule has 1 heterocycles. The van der Waals surface area contributed by atoms with E-state index in [1.54, 1.807) is 6.20 Å². The topological polar surface area (TPSA) is 49.3 Å². The van der Waals surface area contributed by atoms with Gasteiger partial charge in [0, 0.05) is 32.0 Å². The van der Waals surface area contributed by atoms with Gasteiger partial charge in [0.25, 0.3) is 0 Å². The van der Waals surface area contributed by atoms with Crippen molar-refractivity contribution in [3.8, 4) is 0 Å². The lowest BCUT2D eigenvalue weighted by molar-refractivity contribution is 0.583. The second-order valence-electron chi connectivity index (χ2n) is 5.73. The molecule has 0 spiro atoms. The molecule has 2 rings (SSSR count). The van der Waals surface area contributed by atoms with E-state index in [4.69, 9.17) is 0 Å². The van der Waals surface area contributed by atoms with Crippen LogP contribution >= 0.6 is 0 Å². The second-order valence-corrected chi connectivity index (χ2v) is 5.73. The van der Waals surface area contributed by atoms with Crippen molar-refractivity contribution in [1.82, 2.24) is 15.6 Å². The van der Waals surface area contributed by atoms with Crippen molar-refractivity contribution in [1.29, 1.82) is 0 Å². The van der Waals surface area contributed by atoms with E-state index in [0.29, 0.717) is 31.0 Å². The zero-order chi connectivity index (χ0) is 18.1. The fourth-order valence-corrected chi connectivity index (χ4v) is 2.46. The van der Waals surface area contributed by atoms with E-state index in [0.717, 1.165) is 30.7 Å². The molecular weight excluding hydrogens is 322 g/mol. The van der Waals surface area contributed by atoms with Crippen molar-refractivity contribution in [3.63, 3.8) is 0 Å². The van der Waals surface area contributed by atoms with Gasteiger partial charge in [-0.15, -0.1) is 0 Å². The van der Waals surface area contributed by atoms with Gasteiger partial charge < -0.3 is 10.6 Å². The molecule has 0 unspecified atom stereocenters. The van der Waals surface area contributed by atoms with Crippen LogP contribution in [0.4, 0.5) is 8.78 Å². The number of hydrogen-bond acceptors (Lipinski definition) is 2. The predicted molar refractivity (Wildman–Crippen MR) is 96.7 cm³/mol. The number of hydrogen-bond donors (Lipinski definition) is 2. The van der Waals surface area contributed by atoms with Crippen LogP contribution in [0.2, 0.25) is 0 Å². The molecule has 25 heavy (non-hydrogen) atoms. The number of rotatable bonds is 7. The highest BCUT2D eigenvalue weighted by molar-refractivity contribution is 5.79. The van der Waals surface area contributed by atoms with Crippen LogP contribution in [0.25, 0.3) is 0 Å². The lowest BCUT2D eigenvalue weighted by Gasteiger charge is -2.12. The smallest absolute Gasteiger partial charge is 0.191 e. The van der Waals surface area contributed by atoms with E-state index in [-0.39, 0.29) is 0 Å². The quantitative estimate of drug-likeness (QED) is 0.598. The van der Waals surface area contributed by atoms with Gasteiger partial charge in [-0.05, 0) is 67.6 Å². The number of benzene rings is 1. The first-order valence-corrected chi connectivity index (χ1v) is 8.45. The summed E-state index contributed by atoms with van der Waals surface area (Å²) in [5.74, 6) is -0.144. The molecule has 0 radical (unpaired) electrons.